The number of benzene rings is 1. The molecule has 24 heavy (non-hydrogen) atoms. The average molecular weight is 338 g/mol. The van der Waals surface area contributed by atoms with Gasteiger partial charge in [0.15, 0.2) is 18.1 Å². The van der Waals surface area contributed by atoms with Crippen LogP contribution in [0.2, 0.25) is 0 Å². The van der Waals surface area contributed by atoms with Gasteiger partial charge in [-0.15, -0.1) is 0 Å². The molecular formula is C16H22N2O6. The van der Waals surface area contributed by atoms with Crippen molar-refractivity contribution in [2.45, 2.75) is 12.8 Å². The van der Waals surface area contributed by atoms with Gasteiger partial charge >= 0.3 is 5.97 Å². The molecule has 8 heteroatoms. The average Bonchev–Trinajstić information content (AvgIpc) is 2.61. The van der Waals surface area contributed by atoms with Crippen LogP contribution in [0.15, 0.2) is 18.2 Å². The van der Waals surface area contributed by atoms with Crippen LogP contribution in [0, 0.1) is 0 Å². The Labute approximate surface area is 140 Å². The van der Waals surface area contributed by atoms with Gasteiger partial charge in [-0.05, 0) is 18.1 Å². The fraction of sp³-hybridized carbons (Fsp3) is 0.438. The minimum atomic E-state index is -0.536. The highest BCUT2D eigenvalue weighted by atomic mass is 16.5. The number of hydrogen-bond acceptors (Lipinski definition) is 6. The molecule has 0 aromatic heterocycles. The molecule has 132 valence electrons. The summed E-state index contributed by atoms with van der Waals surface area (Å²) in [5.74, 6) is -0.242. The van der Waals surface area contributed by atoms with Crippen LogP contribution >= 0.6 is 0 Å². The SMILES string of the molecule is CNC(=O)CNC(=O)COC(=O)CCc1cccc(OC)c1OC. The van der Waals surface area contributed by atoms with Crippen molar-refractivity contribution in [3.05, 3.63) is 23.8 Å². The molecule has 8 nitrogen and oxygen atoms in total. The first-order valence-corrected chi connectivity index (χ1v) is 7.34. The number of aryl methyl sites for hydroxylation is 1. The quantitative estimate of drug-likeness (QED) is 0.617. The Kier molecular flexibility index (Phi) is 8.10. The van der Waals surface area contributed by atoms with Gasteiger partial charge in [0.1, 0.15) is 0 Å². The van der Waals surface area contributed by atoms with E-state index in [1.807, 2.05) is 6.07 Å². The lowest BCUT2D eigenvalue weighted by Crippen LogP contribution is -2.37. The summed E-state index contributed by atoms with van der Waals surface area (Å²) in [5.41, 5.74) is 0.804. The zero-order valence-electron chi connectivity index (χ0n) is 14.0. The molecule has 0 radical (unpaired) electrons. The molecule has 0 unspecified atom stereocenters. The Morgan fingerprint density at radius 2 is 1.83 bits per heavy atom. The van der Waals surface area contributed by atoms with Gasteiger partial charge in [0.05, 0.1) is 20.8 Å². The van der Waals surface area contributed by atoms with Crippen molar-refractivity contribution in [3.8, 4) is 11.5 Å². The molecule has 1 aromatic rings. The number of ether oxygens (including phenoxy) is 3. The minimum Gasteiger partial charge on any atom is -0.493 e. The molecule has 0 aliphatic rings. The fourth-order valence-electron chi connectivity index (χ4n) is 1.92. The minimum absolute atomic E-state index is 0.0895. The molecule has 0 atom stereocenters. The van der Waals surface area contributed by atoms with Crippen molar-refractivity contribution in [1.29, 1.82) is 0 Å². The lowest BCUT2D eigenvalue weighted by Gasteiger charge is -2.12. The van der Waals surface area contributed by atoms with Crippen molar-refractivity contribution in [2.75, 3.05) is 34.4 Å². The number of esters is 1. The van der Waals surface area contributed by atoms with Gasteiger partial charge in [-0.1, -0.05) is 12.1 Å². The fourth-order valence-corrected chi connectivity index (χ4v) is 1.92. The molecule has 2 amide bonds. The third-order valence-corrected chi connectivity index (χ3v) is 3.17. The molecule has 0 aliphatic carbocycles. The molecular weight excluding hydrogens is 316 g/mol. The van der Waals surface area contributed by atoms with Crippen molar-refractivity contribution >= 4 is 17.8 Å². The highest BCUT2D eigenvalue weighted by molar-refractivity contribution is 5.86. The van der Waals surface area contributed by atoms with Crippen LogP contribution < -0.4 is 20.1 Å². The van der Waals surface area contributed by atoms with Crippen molar-refractivity contribution in [1.82, 2.24) is 10.6 Å². The van der Waals surface area contributed by atoms with E-state index >= 15 is 0 Å². The normalized spacial score (nSPS) is 9.79. The summed E-state index contributed by atoms with van der Waals surface area (Å²) < 4.78 is 15.3. The Morgan fingerprint density at radius 1 is 1.08 bits per heavy atom. The maximum atomic E-state index is 11.7. The molecule has 0 fully saturated rings. The van der Waals surface area contributed by atoms with Crippen molar-refractivity contribution in [3.63, 3.8) is 0 Å². The van der Waals surface area contributed by atoms with Crippen LogP contribution in [-0.4, -0.2) is 52.2 Å². The van der Waals surface area contributed by atoms with E-state index in [2.05, 4.69) is 10.6 Å². The largest absolute Gasteiger partial charge is 0.493 e. The van der Waals surface area contributed by atoms with E-state index in [9.17, 15) is 14.4 Å². The Balaban J connectivity index is 2.42. The molecule has 1 rings (SSSR count). The van der Waals surface area contributed by atoms with E-state index in [1.54, 1.807) is 12.1 Å². The van der Waals surface area contributed by atoms with Crippen molar-refractivity contribution < 1.29 is 28.6 Å². The molecule has 0 saturated heterocycles. The predicted molar refractivity (Wildman–Crippen MR) is 85.9 cm³/mol. The second-order valence-electron chi connectivity index (χ2n) is 4.76. The molecule has 0 saturated carbocycles. The molecule has 2 N–H and O–H groups in total. The first-order valence-electron chi connectivity index (χ1n) is 7.34. The molecule has 0 heterocycles. The monoisotopic (exact) mass is 338 g/mol. The van der Waals surface area contributed by atoms with E-state index in [0.29, 0.717) is 17.9 Å². The highest BCUT2D eigenvalue weighted by Crippen LogP contribution is 2.31. The number of methoxy groups -OCH3 is 2. The smallest absolute Gasteiger partial charge is 0.306 e. The maximum Gasteiger partial charge on any atom is 0.306 e. The van der Waals surface area contributed by atoms with Gasteiger partial charge in [-0.3, -0.25) is 14.4 Å². The number of likely N-dealkylation sites (N-methyl/N-ethyl adjacent to an activating group) is 1. The van der Waals surface area contributed by atoms with Crippen LogP contribution in [0.5, 0.6) is 11.5 Å². The Hall–Kier alpha value is -2.77. The topological polar surface area (TPSA) is 103 Å². The first-order chi connectivity index (χ1) is 11.5. The van der Waals surface area contributed by atoms with Crippen LogP contribution in [0.25, 0.3) is 0 Å². The summed E-state index contributed by atoms with van der Waals surface area (Å²) in [7, 11) is 4.52. The van der Waals surface area contributed by atoms with Crippen LogP contribution in [0.3, 0.4) is 0 Å². The highest BCUT2D eigenvalue weighted by Gasteiger charge is 2.13. The van der Waals surface area contributed by atoms with Gasteiger partial charge in [0.25, 0.3) is 5.91 Å². The van der Waals surface area contributed by atoms with Gasteiger partial charge in [-0.2, -0.15) is 0 Å². The van der Waals surface area contributed by atoms with Gasteiger partial charge < -0.3 is 24.8 Å². The standard InChI is InChI=1S/C16H22N2O6/c1-17-13(19)9-18-14(20)10-24-15(21)8-7-11-5-4-6-12(22-2)16(11)23-3/h4-6H,7-10H2,1-3H3,(H,17,19)(H,18,20). The summed E-state index contributed by atoms with van der Waals surface area (Å²) in [6, 6.07) is 5.39. The zero-order chi connectivity index (χ0) is 17.9. The second kappa shape index (κ2) is 10.1. The summed E-state index contributed by atoms with van der Waals surface area (Å²) in [6.07, 6.45) is 0.478. The Bertz CT molecular complexity index is 588. The summed E-state index contributed by atoms with van der Waals surface area (Å²) >= 11 is 0. The second-order valence-corrected chi connectivity index (χ2v) is 4.76. The number of carbonyl (C=O) groups is 3. The molecule has 0 spiro atoms. The third-order valence-electron chi connectivity index (χ3n) is 3.17. The summed E-state index contributed by atoms with van der Waals surface area (Å²) in [6.45, 7) is -0.584. The Morgan fingerprint density at radius 3 is 2.46 bits per heavy atom. The van der Waals surface area contributed by atoms with E-state index in [1.165, 1.54) is 21.3 Å². The molecule has 0 aliphatic heterocycles. The third kappa shape index (κ3) is 6.15. The van der Waals surface area contributed by atoms with Gasteiger partial charge in [0, 0.05) is 13.5 Å². The number of amides is 2. The summed E-state index contributed by atoms with van der Waals surface area (Å²) in [5, 5.41) is 4.69. The molecule has 1 aromatic carbocycles. The summed E-state index contributed by atoms with van der Waals surface area (Å²) in [4.78, 5) is 34.1. The molecule has 0 bridgehead atoms. The lowest BCUT2D eigenvalue weighted by molar-refractivity contribution is -0.148. The maximum absolute atomic E-state index is 11.7. The predicted octanol–water partition coefficient (Wildman–Crippen LogP) is 0.0418. The number of hydrogen-bond donors (Lipinski definition) is 2. The van der Waals surface area contributed by atoms with Gasteiger partial charge in [-0.25, -0.2) is 0 Å². The number of para-hydroxylation sites is 1. The van der Waals surface area contributed by atoms with Crippen molar-refractivity contribution in [2.24, 2.45) is 0 Å². The van der Waals surface area contributed by atoms with E-state index in [4.69, 9.17) is 14.2 Å². The van der Waals surface area contributed by atoms with Crippen LogP contribution in [0.1, 0.15) is 12.0 Å². The lowest BCUT2D eigenvalue weighted by atomic mass is 10.1. The van der Waals surface area contributed by atoms with E-state index in [0.717, 1.165) is 5.56 Å². The van der Waals surface area contributed by atoms with Crippen LogP contribution in [-0.2, 0) is 25.5 Å². The van der Waals surface area contributed by atoms with Crippen LogP contribution in [0.4, 0.5) is 0 Å². The zero-order valence-corrected chi connectivity index (χ0v) is 14.0. The number of nitrogens with one attached hydrogen (secondary N) is 2. The number of carbonyl (C=O) groups excluding carboxylic acids is 3. The first kappa shape index (κ1) is 19.3. The van der Waals surface area contributed by atoms with E-state index in [-0.39, 0.29) is 18.9 Å². The van der Waals surface area contributed by atoms with E-state index < -0.39 is 18.5 Å². The number of rotatable bonds is 9. The van der Waals surface area contributed by atoms with Gasteiger partial charge in [0.2, 0.25) is 5.91 Å².